The van der Waals surface area contributed by atoms with Gasteiger partial charge in [0.1, 0.15) is 5.15 Å². The van der Waals surface area contributed by atoms with Crippen molar-refractivity contribution in [2.75, 3.05) is 5.32 Å². The molecule has 1 heterocycles. The molecular weight excluding hydrogens is 399 g/mol. The summed E-state index contributed by atoms with van der Waals surface area (Å²) < 4.78 is 0.981. The van der Waals surface area contributed by atoms with Crippen LogP contribution < -0.4 is 5.32 Å². The molecule has 21 heavy (non-hydrogen) atoms. The van der Waals surface area contributed by atoms with Crippen LogP contribution in [-0.4, -0.2) is 10.9 Å². The maximum Gasteiger partial charge on any atom is 0.257 e. The first-order valence-electron chi connectivity index (χ1n) is 6.26. The number of carbonyl (C=O) groups is 1. The minimum atomic E-state index is -0.195. The van der Waals surface area contributed by atoms with Gasteiger partial charge >= 0.3 is 0 Å². The predicted octanol–water partition coefficient (Wildman–Crippen LogP) is 4.75. The summed E-state index contributed by atoms with van der Waals surface area (Å²) in [6.07, 6.45) is 1.51. The summed E-state index contributed by atoms with van der Waals surface area (Å²) in [4.78, 5) is 16.6. The second-order valence-corrected chi connectivity index (χ2v) is 5.96. The number of amides is 1. The minimum Gasteiger partial charge on any atom is -0.321 e. The van der Waals surface area contributed by atoms with E-state index in [9.17, 15) is 4.79 Å². The van der Waals surface area contributed by atoms with Gasteiger partial charge in [0.15, 0.2) is 0 Å². The largest absolute Gasteiger partial charge is 0.321 e. The fraction of sp³-hybridized carbons (Fsp3) is 0. The third-order valence-electron chi connectivity index (χ3n) is 3.11. The zero-order valence-corrected chi connectivity index (χ0v) is 13.7. The van der Waals surface area contributed by atoms with Crippen LogP contribution in [0.5, 0.6) is 0 Å². The summed E-state index contributed by atoms with van der Waals surface area (Å²) >= 11 is 8.26. The monoisotopic (exact) mass is 408 g/mol. The molecule has 0 fully saturated rings. The Bertz CT molecular complexity index is 835. The Morgan fingerprint density at radius 1 is 1.05 bits per heavy atom. The van der Waals surface area contributed by atoms with E-state index < -0.39 is 0 Å². The molecule has 5 heteroatoms. The van der Waals surface area contributed by atoms with Gasteiger partial charge in [-0.3, -0.25) is 4.79 Å². The lowest BCUT2D eigenvalue weighted by Crippen LogP contribution is -2.13. The summed E-state index contributed by atoms with van der Waals surface area (Å²) in [6, 6.07) is 15.1. The quantitative estimate of drug-likeness (QED) is 0.491. The van der Waals surface area contributed by atoms with Crippen molar-refractivity contribution >= 4 is 56.6 Å². The molecule has 104 valence electrons. The van der Waals surface area contributed by atoms with Crippen molar-refractivity contribution in [1.29, 1.82) is 0 Å². The van der Waals surface area contributed by atoms with Gasteiger partial charge in [-0.05, 0) is 40.1 Å². The van der Waals surface area contributed by atoms with E-state index in [0.717, 1.165) is 20.0 Å². The number of hydrogen-bond donors (Lipinski definition) is 1. The molecular formula is C16H10ClIN2O. The van der Waals surface area contributed by atoms with E-state index in [1.54, 1.807) is 0 Å². The van der Waals surface area contributed by atoms with Crippen molar-refractivity contribution < 1.29 is 4.79 Å². The van der Waals surface area contributed by atoms with Crippen LogP contribution in [0.2, 0.25) is 5.15 Å². The number of carbonyl (C=O) groups excluding carboxylic acids is 1. The van der Waals surface area contributed by atoms with E-state index in [-0.39, 0.29) is 5.91 Å². The number of fused-ring (bicyclic) bond motifs is 1. The van der Waals surface area contributed by atoms with Crippen molar-refractivity contribution in [2.24, 2.45) is 0 Å². The number of halogens is 2. The number of pyridine rings is 1. The summed E-state index contributed by atoms with van der Waals surface area (Å²) in [6.45, 7) is 0. The summed E-state index contributed by atoms with van der Waals surface area (Å²) in [5.41, 5.74) is 1.29. The lowest BCUT2D eigenvalue weighted by Gasteiger charge is -2.09. The highest BCUT2D eigenvalue weighted by Crippen LogP contribution is 2.25. The molecule has 1 aromatic heterocycles. The summed E-state index contributed by atoms with van der Waals surface area (Å²) in [5.74, 6) is -0.195. The average Bonchev–Trinajstić information content (AvgIpc) is 2.50. The molecule has 2 aromatic carbocycles. The Hall–Kier alpha value is -1.66. The van der Waals surface area contributed by atoms with Crippen LogP contribution in [0.1, 0.15) is 10.4 Å². The first-order valence-corrected chi connectivity index (χ1v) is 7.71. The van der Waals surface area contributed by atoms with Gasteiger partial charge in [0.2, 0.25) is 0 Å². The maximum absolute atomic E-state index is 12.5. The van der Waals surface area contributed by atoms with Crippen LogP contribution in [0, 0.1) is 3.57 Å². The number of hydrogen-bond acceptors (Lipinski definition) is 2. The molecule has 1 amide bonds. The number of anilines is 1. The molecule has 0 atom stereocenters. The lowest BCUT2D eigenvalue weighted by atomic mass is 10.1. The van der Waals surface area contributed by atoms with Gasteiger partial charge in [0.25, 0.3) is 5.91 Å². The molecule has 1 N–H and O–H groups in total. The standard InChI is InChI=1S/C16H10ClIN2O/c17-15-11-6-2-1-5-10(11)12(9-19-15)16(21)20-14-8-4-3-7-13(14)18/h1-9H,(H,20,21). The second-order valence-electron chi connectivity index (χ2n) is 4.44. The van der Waals surface area contributed by atoms with Crippen LogP contribution in [-0.2, 0) is 0 Å². The van der Waals surface area contributed by atoms with Crippen molar-refractivity contribution in [3.8, 4) is 0 Å². The molecule has 0 radical (unpaired) electrons. The Balaban J connectivity index is 2.03. The maximum atomic E-state index is 12.5. The first kappa shape index (κ1) is 14.3. The Morgan fingerprint density at radius 2 is 1.71 bits per heavy atom. The number of para-hydroxylation sites is 1. The third kappa shape index (κ3) is 2.87. The molecule has 3 nitrogen and oxygen atoms in total. The summed E-state index contributed by atoms with van der Waals surface area (Å²) in [5, 5.41) is 4.87. The fourth-order valence-electron chi connectivity index (χ4n) is 2.09. The van der Waals surface area contributed by atoms with E-state index in [1.807, 2.05) is 48.5 Å². The number of nitrogens with one attached hydrogen (secondary N) is 1. The molecule has 0 bridgehead atoms. The first-order chi connectivity index (χ1) is 10.2. The molecule has 0 aliphatic heterocycles. The van der Waals surface area contributed by atoms with Crippen LogP contribution in [0.4, 0.5) is 5.69 Å². The molecule has 0 saturated carbocycles. The van der Waals surface area contributed by atoms with Crippen LogP contribution >= 0.6 is 34.2 Å². The lowest BCUT2D eigenvalue weighted by molar-refractivity contribution is 0.102. The van der Waals surface area contributed by atoms with Gasteiger partial charge in [-0.1, -0.05) is 48.0 Å². The highest BCUT2D eigenvalue weighted by atomic mass is 127. The van der Waals surface area contributed by atoms with Crippen LogP contribution in [0.15, 0.2) is 54.7 Å². The minimum absolute atomic E-state index is 0.195. The highest BCUT2D eigenvalue weighted by Gasteiger charge is 2.13. The second kappa shape index (κ2) is 5.99. The number of benzene rings is 2. The zero-order chi connectivity index (χ0) is 14.8. The molecule has 0 aliphatic carbocycles. The zero-order valence-electron chi connectivity index (χ0n) is 10.8. The van der Waals surface area contributed by atoms with Crippen LogP contribution in [0.25, 0.3) is 10.8 Å². The van der Waals surface area contributed by atoms with E-state index in [0.29, 0.717) is 10.7 Å². The number of aromatic nitrogens is 1. The number of nitrogens with zero attached hydrogens (tertiary/aromatic N) is 1. The van der Waals surface area contributed by atoms with Gasteiger partial charge in [-0.2, -0.15) is 0 Å². The summed E-state index contributed by atoms with van der Waals surface area (Å²) in [7, 11) is 0. The molecule has 0 saturated heterocycles. The van der Waals surface area contributed by atoms with Crippen molar-refractivity contribution in [1.82, 2.24) is 4.98 Å². The molecule has 3 aromatic rings. The van der Waals surface area contributed by atoms with Crippen molar-refractivity contribution in [3.05, 3.63) is 69.0 Å². The number of rotatable bonds is 2. The topological polar surface area (TPSA) is 42.0 Å². The normalized spacial score (nSPS) is 10.6. The molecule has 3 rings (SSSR count). The van der Waals surface area contributed by atoms with E-state index in [1.165, 1.54) is 6.20 Å². The van der Waals surface area contributed by atoms with Crippen molar-refractivity contribution in [2.45, 2.75) is 0 Å². The Kier molecular flexibility index (Phi) is 4.07. The molecule has 0 unspecified atom stereocenters. The smallest absolute Gasteiger partial charge is 0.257 e. The Morgan fingerprint density at radius 3 is 2.48 bits per heavy atom. The van der Waals surface area contributed by atoms with E-state index in [4.69, 9.17) is 11.6 Å². The third-order valence-corrected chi connectivity index (χ3v) is 4.36. The predicted molar refractivity (Wildman–Crippen MR) is 93.9 cm³/mol. The average molecular weight is 409 g/mol. The van der Waals surface area contributed by atoms with Gasteiger partial charge in [-0.15, -0.1) is 0 Å². The van der Waals surface area contributed by atoms with Gasteiger partial charge in [0, 0.05) is 15.2 Å². The fourth-order valence-corrected chi connectivity index (χ4v) is 2.83. The van der Waals surface area contributed by atoms with E-state index >= 15 is 0 Å². The molecule has 0 aliphatic rings. The van der Waals surface area contributed by atoms with E-state index in [2.05, 4.69) is 32.9 Å². The van der Waals surface area contributed by atoms with Crippen LogP contribution in [0.3, 0.4) is 0 Å². The van der Waals surface area contributed by atoms with Gasteiger partial charge < -0.3 is 5.32 Å². The highest BCUT2D eigenvalue weighted by molar-refractivity contribution is 14.1. The van der Waals surface area contributed by atoms with Gasteiger partial charge in [-0.25, -0.2) is 4.98 Å². The molecule has 0 spiro atoms. The Labute approximate surface area is 140 Å². The van der Waals surface area contributed by atoms with Crippen molar-refractivity contribution in [3.63, 3.8) is 0 Å². The SMILES string of the molecule is O=C(Nc1ccccc1I)c1cnc(Cl)c2ccccc12. The van der Waals surface area contributed by atoms with Gasteiger partial charge in [0.05, 0.1) is 11.3 Å².